The van der Waals surface area contributed by atoms with Crippen LogP contribution >= 0.6 is 0 Å². The van der Waals surface area contributed by atoms with Crippen LogP contribution in [0.4, 0.5) is 0 Å². The molecule has 6 nitrogen and oxygen atoms in total. The van der Waals surface area contributed by atoms with Crippen molar-refractivity contribution in [3.8, 4) is 0 Å². The van der Waals surface area contributed by atoms with E-state index >= 15 is 0 Å². The third-order valence-electron chi connectivity index (χ3n) is 2.02. The average molecular weight is 308 g/mol. The minimum Gasteiger partial charge on any atom is -0.744 e. The maximum Gasteiger partial charge on any atom is 1.00 e. The fourth-order valence-electron chi connectivity index (χ4n) is 1.41. The Kier molecular flexibility index (Phi) is 7.41. The van der Waals surface area contributed by atoms with Crippen LogP contribution in [0.25, 0.3) is 10.8 Å². The predicted octanol–water partition coefficient (Wildman–Crippen LogP) is -2.87. The van der Waals surface area contributed by atoms with E-state index in [4.69, 9.17) is 14.1 Å². The van der Waals surface area contributed by atoms with E-state index in [-0.39, 0.29) is 34.5 Å². The fraction of sp³-hybridized carbons (Fsp3) is 0. The van der Waals surface area contributed by atoms with Gasteiger partial charge in [0.15, 0.2) is 0 Å². The zero-order valence-electron chi connectivity index (χ0n) is 9.98. The maximum atomic E-state index is 10.9. The van der Waals surface area contributed by atoms with Gasteiger partial charge in [-0.2, -0.15) is 0 Å². The molecule has 2 rings (SSSR count). The van der Waals surface area contributed by atoms with Gasteiger partial charge in [-0.1, -0.05) is 36.4 Å². The standard InChI is InChI=1S/C10H8O3S.Na.H2O3Si/c11-14(12,13)10-7-3-5-8-4-1-2-6-9(8)10;;1-4(2)3/h1-7H,(H,11,12,13);;1-2H/q;+1;/p-1. The van der Waals surface area contributed by atoms with Crippen molar-refractivity contribution < 1.29 is 56.6 Å². The van der Waals surface area contributed by atoms with E-state index in [0.29, 0.717) is 5.39 Å². The van der Waals surface area contributed by atoms with E-state index in [1.807, 2.05) is 0 Å². The number of hydrogen-bond acceptors (Lipinski definition) is 4. The van der Waals surface area contributed by atoms with Gasteiger partial charge in [0, 0.05) is 0 Å². The zero-order chi connectivity index (χ0) is 13.8. The van der Waals surface area contributed by atoms with Crippen LogP contribution in [0, 0.1) is 0 Å². The third kappa shape index (κ3) is 5.81. The van der Waals surface area contributed by atoms with Gasteiger partial charge in [0.2, 0.25) is 0 Å². The molecule has 0 saturated heterocycles. The number of benzene rings is 2. The van der Waals surface area contributed by atoms with Crippen LogP contribution in [0.1, 0.15) is 0 Å². The molecule has 0 aromatic heterocycles. The van der Waals surface area contributed by atoms with Crippen LogP contribution in [-0.2, 0) is 14.6 Å². The van der Waals surface area contributed by atoms with Crippen molar-refractivity contribution in [2.45, 2.75) is 4.90 Å². The normalized spacial score (nSPS) is 9.95. The van der Waals surface area contributed by atoms with Crippen molar-refractivity contribution in [1.82, 2.24) is 0 Å². The van der Waals surface area contributed by atoms with Gasteiger partial charge < -0.3 is 14.1 Å². The molecule has 2 N–H and O–H groups in total. The monoisotopic (exact) mass is 308 g/mol. The molecule has 0 atom stereocenters. The Morgan fingerprint density at radius 2 is 1.47 bits per heavy atom. The van der Waals surface area contributed by atoms with Crippen LogP contribution in [0.3, 0.4) is 0 Å². The molecule has 96 valence electrons. The minimum absolute atomic E-state index is 0. The van der Waals surface area contributed by atoms with Crippen LogP contribution in [-0.4, -0.2) is 31.7 Å². The molecule has 0 aliphatic carbocycles. The summed E-state index contributed by atoms with van der Waals surface area (Å²) in [5, 5.41) is 1.23. The Morgan fingerprint density at radius 3 is 2.00 bits per heavy atom. The van der Waals surface area contributed by atoms with Gasteiger partial charge in [0.05, 0.1) is 4.90 Å². The quantitative estimate of drug-likeness (QED) is 0.432. The zero-order valence-corrected chi connectivity index (χ0v) is 13.8. The summed E-state index contributed by atoms with van der Waals surface area (Å²) in [7, 11) is -7.51. The SMILES string of the molecule is O=S(=O)([O-])c1cccc2ccccc12.O=[Si](O)O.[Na+]. The molecule has 0 heterocycles. The maximum absolute atomic E-state index is 10.9. The summed E-state index contributed by atoms with van der Waals surface area (Å²) in [5.74, 6) is 0. The third-order valence-corrected chi connectivity index (χ3v) is 2.91. The summed E-state index contributed by atoms with van der Waals surface area (Å²) >= 11 is 0. The van der Waals surface area contributed by atoms with Gasteiger partial charge in [-0.3, -0.25) is 4.46 Å². The van der Waals surface area contributed by atoms with Crippen molar-refractivity contribution in [1.29, 1.82) is 0 Å². The summed E-state index contributed by atoms with van der Waals surface area (Å²) in [5.41, 5.74) is 0. The van der Waals surface area contributed by atoms with Crippen molar-refractivity contribution in [3.63, 3.8) is 0 Å². The molecule has 19 heavy (non-hydrogen) atoms. The van der Waals surface area contributed by atoms with E-state index in [1.165, 1.54) is 6.07 Å². The van der Waals surface area contributed by atoms with Gasteiger partial charge in [-0.15, -0.1) is 0 Å². The predicted molar refractivity (Wildman–Crippen MR) is 62.8 cm³/mol. The smallest absolute Gasteiger partial charge is 0.744 e. The molecule has 0 aliphatic heterocycles. The minimum atomic E-state index is -4.38. The molecule has 0 aliphatic rings. The van der Waals surface area contributed by atoms with Crippen molar-refractivity contribution >= 4 is 30.1 Å². The summed E-state index contributed by atoms with van der Waals surface area (Å²) in [4.78, 5) is 14.2. The first-order chi connectivity index (χ1) is 8.32. The van der Waals surface area contributed by atoms with Gasteiger partial charge in [-0.25, -0.2) is 8.42 Å². The van der Waals surface area contributed by atoms with Crippen molar-refractivity contribution in [2.24, 2.45) is 0 Å². The Balaban J connectivity index is 0.000000576. The summed E-state index contributed by atoms with van der Waals surface area (Å²) in [6.07, 6.45) is 0. The van der Waals surface area contributed by atoms with Gasteiger partial charge >= 0.3 is 38.7 Å². The number of fused-ring (bicyclic) bond motifs is 1. The molecule has 0 amide bonds. The van der Waals surface area contributed by atoms with Crippen LogP contribution in [0.5, 0.6) is 0 Å². The van der Waals surface area contributed by atoms with Crippen molar-refractivity contribution in [3.05, 3.63) is 42.5 Å². The van der Waals surface area contributed by atoms with Crippen LogP contribution in [0.15, 0.2) is 47.4 Å². The summed E-state index contributed by atoms with van der Waals surface area (Å²) in [6, 6.07) is 11.5. The van der Waals surface area contributed by atoms with Crippen molar-refractivity contribution in [2.75, 3.05) is 0 Å². The van der Waals surface area contributed by atoms with Gasteiger partial charge in [0.25, 0.3) is 0 Å². The molecular weight excluding hydrogens is 299 g/mol. The second-order valence-electron chi connectivity index (χ2n) is 3.21. The van der Waals surface area contributed by atoms with E-state index in [1.54, 1.807) is 36.4 Å². The Hall–Kier alpha value is -0.773. The Bertz CT molecular complexity index is 663. The summed E-state index contributed by atoms with van der Waals surface area (Å²) in [6.45, 7) is 0. The second kappa shape index (κ2) is 7.73. The van der Waals surface area contributed by atoms with E-state index in [2.05, 4.69) is 0 Å². The first-order valence-corrected chi connectivity index (χ1v) is 7.39. The molecule has 0 saturated carbocycles. The molecule has 2 aromatic rings. The van der Waals surface area contributed by atoms with E-state index < -0.39 is 19.3 Å². The van der Waals surface area contributed by atoms with Crippen LogP contribution < -0.4 is 29.6 Å². The first-order valence-electron chi connectivity index (χ1n) is 4.68. The molecule has 0 bridgehead atoms. The average Bonchev–Trinajstić information content (AvgIpc) is 2.26. The summed E-state index contributed by atoms with van der Waals surface area (Å²) < 4.78 is 41.4. The molecule has 0 fully saturated rings. The Labute approximate surface area is 133 Å². The van der Waals surface area contributed by atoms with E-state index in [9.17, 15) is 13.0 Å². The molecule has 2 aromatic carbocycles. The molecule has 0 spiro atoms. The van der Waals surface area contributed by atoms with Gasteiger partial charge in [-0.05, 0) is 16.8 Å². The fourth-order valence-corrected chi connectivity index (χ4v) is 2.11. The van der Waals surface area contributed by atoms with Gasteiger partial charge in [0.1, 0.15) is 10.1 Å². The van der Waals surface area contributed by atoms with E-state index in [0.717, 1.165) is 5.39 Å². The topological polar surface area (TPSA) is 115 Å². The second-order valence-corrected chi connectivity index (χ2v) is 5.13. The molecule has 0 unspecified atom stereocenters. The van der Waals surface area contributed by atoms with Crippen LogP contribution in [0.2, 0.25) is 0 Å². The molecule has 0 radical (unpaired) electrons. The number of rotatable bonds is 1. The molecular formula is C10H9NaO6SSi. The Morgan fingerprint density at radius 1 is 1.00 bits per heavy atom. The number of hydrogen-bond donors (Lipinski definition) is 2. The molecule has 9 heteroatoms. The largest absolute Gasteiger partial charge is 1.00 e. The first kappa shape index (κ1) is 18.2.